The average molecular weight is 339 g/mol. The van der Waals surface area contributed by atoms with Gasteiger partial charge in [0.1, 0.15) is 0 Å². The summed E-state index contributed by atoms with van der Waals surface area (Å²) in [5.41, 5.74) is 1.06. The molecule has 84 valence electrons. The van der Waals surface area contributed by atoms with Gasteiger partial charge >= 0.3 is 0 Å². The van der Waals surface area contributed by atoms with E-state index in [4.69, 9.17) is 5.14 Å². The molecule has 0 aliphatic heterocycles. The van der Waals surface area contributed by atoms with Crippen LogP contribution < -0.4 is 5.14 Å². The van der Waals surface area contributed by atoms with E-state index in [9.17, 15) is 8.42 Å². The molecule has 0 aliphatic rings. The van der Waals surface area contributed by atoms with Crippen molar-refractivity contribution in [3.05, 3.63) is 27.3 Å². The standard InChI is InChI=1S/C10H14INO2S/c1-2-3-5-8-6-4-7-9(10(8)11)15(12,13)14/h4,6-7H,2-3,5H2,1H3,(H2,12,13,14). The van der Waals surface area contributed by atoms with Crippen LogP contribution in [0.2, 0.25) is 0 Å². The lowest BCUT2D eigenvalue weighted by atomic mass is 10.1. The molecule has 0 aliphatic carbocycles. The van der Waals surface area contributed by atoms with Crippen molar-refractivity contribution in [2.24, 2.45) is 5.14 Å². The molecular weight excluding hydrogens is 325 g/mol. The largest absolute Gasteiger partial charge is 0.239 e. The van der Waals surface area contributed by atoms with Gasteiger partial charge in [-0.25, -0.2) is 13.6 Å². The first-order valence-electron chi connectivity index (χ1n) is 4.77. The van der Waals surface area contributed by atoms with E-state index in [0.29, 0.717) is 0 Å². The molecule has 0 fully saturated rings. The Kier molecular flexibility index (Phi) is 4.54. The van der Waals surface area contributed by atoms with Gasteiger partial charge in [0, 0.05) is 3.57 Å². The van der Waals surface area contributed by atoms with Gasteiger partial charge in [-0.3, -0.25) is 0 Å². The van der Waals surface area contributed by atoms with E-state index in [-0.39, 0.29) is 4.90 Å². The van der Waals surface area contributed by atoms with Gasteiger partial charge in [-0.15, -0.1) is 0 Å². The fraction of sp³-hybridized carbons (Fsp3) is 0.400. The fourth-order valence-corrected chi connectivity index (χ4v) is 3.54. The van der Waals surface area contributed by atoms with E-state index in [0.717, 1.165) is 28.4 Å². The third-order valence-electron chi connectivity index (χ3n) is 2.15. The Morgan fingerprint density at radius 2 is 2.07 bits per heavy atom. The fourth-order valence-electron chi connectivity index (χ4n) is 1.34. The van der Waals surface area contributed by atoms with Crippen LogP contribution in [0.15, 0.2) is 23.1 Å². The van der Waals surface area contributed by atoms with Crippen molar-refractivity contribution in [2.45, 2.75) is 31.1 Å². The molecule has 3 nitrogen and oxygen atoms in total. The number of rotatable bonds is 4. The molecule has 0 unspecified atom stereocenters. The van der Waals surface area contributed by atoms with E-state index >= 15 is 0 Å². The molecule has 1 aromatic rings. The Balaban J connectivity index is 3.12. The predicted octanol–water partition coefficient (Wildman–Crippen LogP) is 2.28. The lowest BCUT2D eigenvalue weighted by Gasteiger charge is -2.07. The average Bonchev–Trinajstić information content (AvgIpc) is 2.14. The summed E-state index contributed by atoms with van der Waals surface area (Å²) in [6, 6.07) is 5.24. The molecule has 0 spiro atoms. The normalized spacial score (nSPS) is 11.7. The minimum absolute atomic E-state index is 0.233. The summed E-state index contributed by atoms with van der Waals surface area (Å²) >= 11 is 2.05. The minimum Gasteiger partial charge on any atom is -0.225 e. The summed E-state index contributed by atoms with van der Waals surface area (Å²) in [4.78, 5) is 0.233. The molecule has 0 atom stereocenters. The molecule has 0 bridgehead atoms. The Morgan fingerprint density at radius 3 is 2.60 bits per heavy atom. The number of aryl methyl sites for hydroxylation is 1. The highest BCUT2D eigenvalue weighted by molar-refractivity contribution is 14.1. The van der Waals surface area contributed by atoms with Gasteiger partial charge < -0.3 is 0 Å². The summed E-state index contributed by atoms with van der Waals surface area (Å²) < 4.78 is 23.3. The number of nitrogens with two attached hydrogens (primary N) is 1. The Labute approximate surface area is 104 Å². The summed E-state index contributed by atoms with van der Waals surface area (Å²) in [5, 5.41) is 5.12. The summed E-state index contributed by atoms with van der Waals surface area (Å²) in [6.07, 6.45) is 3.05. The number of hydrogen-bond acceptors (Lipinski definition) is 2. The molecule has 0 amide bonds. The molecule has 2 N–H and O–H groups in total. The molecule has 0 aromatic heterocycles. The zero-order valence-corrected chi connectivity index (χ0v) is 11.5. The Hall–Kier alpha value is -0.140. The van der Waals surface area contributed by atoms with Gasteiger partial charge in [-0.2, -0.15) is 0 Å². The molecule has 1 aromatic carbocycles. The molecule has 0 saturated carbocycles. The lowest BCUT2D eigenvalue weighted by molar-refractivity contribution is 0.597. The van der Waals surface area contributed by atoms with E-state index < -0.39 is 10.0 Å². The second kappa shape index (κ2) is 5.27. The van der Waals surface area contributed by atoms with Gasteiger partial charge in [0.25, 0.3) is 0 Å². The number of unbranched alkanes of at least 4 members (excludes halogenated alkanes) is 1. The van der Waals surface area contributed by atoms with Crippen molar-refractivity contribution >= 4 is 32.6 Å². The third-order valence-corrected chi connectivity index (χ3v) is 4.74. The second-order valence-electron chi connectivity index (χ2n) is 3.38. The number of benzene rings is 1. The van der Waals surface area contributed by atoms with Crippen molar-refractivity contribution in [1.82, 2.24) is 0 Å². The predicted molar refractivity (Wildman–Crippen MR) is 69.1 cm³/mol. The Morgan fingerprint density at radius 1 is 1.40 bits per heavy atom. The zero-order chi connectivity index (χ0) is 11.5. The maximum atomic E-state index is 11.3. The third kappa shape index (κ3) is 3.42. The van der Waals surface area contributed by atoms with Crippen molar-refractivity contribution in [2.75, 3.05) is 0 Å². The molecule has 0 heterocycles. The molecule has 1 rings (SSSR count). The number of primary sulfonamides is 1. The van der Waals surface area contributed by atoms with Gasteiger partial charge in [0.15, 0.2) is 0 Å². The van der Waals surface area contributed by atoms with Crippen LogP contribution >= 0.6 is 22.6 Å². The minimum atomic E-state index is -3.59. The van der Waals surface area contributed by atoms with Crippen LogP contribution in [0.4, 0.5) is 0 Å². The van der Waals surface area contributed by atoms with E-state index in [1.54, 1.807) is 12.1 Å². The van der Waals surface area contributed by atoms with E-state index in [1.807, 2.05) is 28.7 Å². The SMILES string of the molecule is CCCCc1cccc(S(N)(=O)=O)c1I. The molecule has 15 heavy (non-hydrogen) atoms. The van der Waals surface area contributed by atoms with Crippen LogP contribution in [-0.2, 0) is 16.4 Å². The van der Waals surface area contributed by atoms with Crippen molar-refractivity contribution in [3.63, 3.8) is 0 Å². The molecule has 0 saturated heterocycles. The van der Waals surface area contributed by atoms with Crippen LogP contribution in [-0.4, -0.2) is 8.42 Å². The lowest BCUT2D eigenvalue weighted by Crippen LogP contribution is -2.14. The van der Waals surface area contributed by atoms with Gasteiger partial charge in [0.05, 0.1) is 4.90 Å². The maximum absolute atomic E-state index is 11.3. The highest BCUT2D eigenvalue weighted by Crippen LogP contribution is 2.22. The van der Waals surface area contributed by atoms with Gasteiger partial charge in [0.2, 0.25) is 10.0 Å². The highest BCUT2D eigenvalue weighted by Gasteiger charge is 2.14. The first-order valence-corrected chi connectivity index (χ1v) is 7.39. The van der Waals surface area contributed by atoms with Crippen molar-refractivity contribution in [3.8, 4) is 0 Å². The first-order chi connectivity index (χ1) is 6.96. The monoisotopic (exact) mass is 339 g/mol. The quantitative estimate of drug-likeness (QED) is 0.856. The van der Waals surface area contributed by atoms with Crippen LogP contribution in [0.1, 0.15) is 25.3 Å². The summed E-state index contributed by atoms with van der Waals surface area (Å²) in [5.74, 6) is 0. The van der Waals surface area contributed by atoms with Crippen LogP contribution in [0, 0.1) is 3.57 Å². The van der Waals surface area contributed by atoms with Gasteiger partial charge in [-0.05, 0) is 47.1 Å². The Bertz CT molecular complexity index is 443. The number of sulfonamides is 1. The molecule has 5 heteroatoms. The summed E-state index contributed by atoms with van der Waals surface area (Å²) in [7, 11) is -3.59. The summed E-state index contributed by atoms with van der Waals surface area (Å²) in [6.45, 7) is 2.11. The second-order valence-corrected chi connectivity index (χ2v) is 5.99. The van der Waals surface area contributed by atoms with Crippen molar-refractivity contribution in [1.29, 1.82) is 0 Å². The molecule has 0 radical (unpaired) electrons. The zero-order valence-electron chi connectivity index (χ0n) is 8.53. The number of halogens is 1. The molecular formula is C10H14INO2S. The first kappa shape index (κ1) is 12.9. The van der Waals surface area contributed by atoms with Crippen molar-refractivity contribution < 1.29 is 8.42 Å². The topological polar surface area (TPSA) is 60.2 Å². The van der Waals surface area contributed by atoms with E-state index in [1.165, 1.54) is 0 Å². The highest BCUT2D eigenvalue weighted by atomic mass is 127. The van der Waals surface area contributed by atoms with Crippen LogP contribution in [0.3, 0.4) is 0 Å². The van der Waals surface area contributed by atoms with Crippen LogP contribution in [0.5, 0.6) is 0 Å². The van der Waals surface area contributed by atoms with Gasteiger partial charge in [-0.1, -0.05) is 25.5 Å². The number of hydrogen-bond donors (Lipinski definition) is 1. The van der Waals surface area contributed by atoms with E-state index in [2.05, 4.69) is 6.92 Å². The maximum Gasteiger partial charge on any atom is 0.239 e. The van der Waals surface area contributed by atoms with Crippen LogP contribution in [0.25, 0.3) is 0 Å². The smallest absolute Gasteiger partial charge is 0.225 e.